The zero-order valence-electron chi connectivity index (χ0n) is 11.0. The van der Waals surface area contributed by atoms with Crippen molar-refractivity contribution in [2.45, 2.75) is 6.42 Å². The van der Waals surface area contributed by atoms with Gasteiger partial charge in [-0.2, -0.15) is 4.80 Å². The summed E-state index contributed by atoms with van der Waals surface area (Å²) in [4.78, 5) is 13.4. The van der Waals surface area contributed by atoms with Crippen LogP contribution in [-0.2, 0) is 13.5 Å². The molecule has 0 radical (unpaired) electrons. The summed E-state index contributed by atoms with van der Waals surface area (Å²) in [5.41, 5.74) is 0.519. The average molecular weight is 262 g/mol. The molecule has 0 amide bonds. The van der Waals surface area contributed by atoms with Crippen LogP contribution in [-0.4, -0.2) is 40.2 Å². The molecule has 1 aromatic heterocycles. The van der Waals surface area contributed by atoms with Gasteiger partial charge in [0.25, 0.3) is 0 Å². The van der Waals surface area contributed by atoms with Gasteiger partial charge in [0.2, 0.25) is 0 Å². The predicted molar refractivity (Wildman–Crippen MR) is 66.4 cm³/mol. The third-order valence-electron chi connectivity index (χ3n) is 2.57. The molecule has 0 N–H and O–H groups in total. The molecule has 0 aliphatic heterocycles. The summed E-state index contributed by atoms with van der Waals surface area (Å²) in [6, 6.07) is 5.01. The van der Waals surface area contributed by atoms with Crippen LogP contribution in [0.25, 0.3) is 0 Å². The topological polar surface area (TPSA) is 79.1 Å². The van der Waals surface area contributed by atoms with Crippen LogP contribution >= 0.6 is 0 Å². The maximum absolute atomic E-state index is 12.1. The van der Waals surface area contributed by atoms with E-state index >= 15 is 0 Å². The first-order valence-electron chi connectivity index (χ1n) is 5.62. The molecule has 0 saturated heterocycles. The number of hydrogen-bond acceptors (Lipinski definition) is 6. The molecule has 1 heterocycles. The van der Waals surface area contributed by atoms with Crippen molar-refractivity contribution in [3.05, 3.63) is 29.6 Å². The molecule has 0 fully saturated rings. The largest absolute Gasteiger partial charge is 0.493 e. The van der Waals surface area contributed by atoms with E-state index in [1.807, 2.05) is 0 Å². The minimum atomic E-state index is -0.103. The molecule has 19 heavy (non-hydrogen) atoms. The second kappa shape index (κ2) is 5.47. The van der Waals surface area contributed by atoms with Crippen LogP contribution < -0.4 is 9.47 Å². The highest BCUT2D eigenvalue weighted by atomic mass is 16.5. The van der Waals surface area contributed by atoms with Gasteiger partial charge in [-0.1, -0.05) is 0 Å². The monoisotopic (exact) mass is 262 g/mol. The van der Waals surface area contributed by atoms with E-state index in [1.54, 1.807) is 32.4 Å². The molecule has 0 unspecified atom stereocenters. The molecule has 0 atom stereocenters. The standard InChI is InChI=1S/C12H14N4O3/c1-16-14-12(13-15-16)7-9(17)8-4-5-10(18-2)11(6-8)19-3/h4-6H,7H2,1-3H3. The number of carbonyl (C=O) groups is 1. The summed E-state index contributed by atoms with van der Waals surface area (Å²) >= 11 is 0. The van der Waals surface area contributed by atoms with E-state index < -0.39 is 0 Å². The Kier molecular flexibility index (Phi) is 3.74. The lowest BCUT2D eigenvalue weighted by molar-refractivity contribution is 0.0990. The van der Waals surface area contributed by atoms with Crippen LogP contribution in [0.1, 0.15) is 16.2 Å². The number of nitrogens with zero attached hydrogens (tertiary/aromatic N) is 4. The predicted octanol–water partition coefficient (Wildman–Crippen LogP) is 0.653. The molecule has 0 aliphatic carbocycles. The third-order valence-corrected chi connectivity index (χ3v) is 2.57. The first-order valence-corrected chi connectivity index (χ1v) is 5.62. The number of aryl methyl sites for hydroxylation is 1. The Bertz CT molecular complexity index is 594. The van der Waals surface area contributed by atoms with Crippen molar-refractivity contribution in [3.8, 4) is 11.5 Å². The van der Waals surface area contributed by atoms with Crippen molar-refractivity contribution in [3.63, 3.8) is 0 Å². The highest BCUT2D eigenvalue weighted by Crippen LogP contribution is 2.27. The van der Waals surface area contributed by atoms with Gasteiger partial charge in [-0.05, 0) is 23.4 Å². The molecule has 0 saturated carbocycles. The molecule has 0 aliphatic rings. The fourth-order valence-corrected chi connectivity index (χ4v) is 1.65. The van der Waals surface area contributed by atoms with Gasteiger partial charge in [0.1, 0.15) is 0 Å². The number of carbonyl (C=O) groups excluding carboxylic acids is 1. The SMILES string of the molecule is COc1ccc(C(=O)Cc2nnn(C)n2)cc1OC. The Labute approximate surface area is 110 Å². The van der Waals surface area contributed by atoms with E-state index in [2.05, 4.69) is 15.4 Å². The van der Waals surface area contributed by atoms with Crippen LogP contribution in [0.5, 0.6) is 11.5 Å². The maximum atomic E-state index is 12.1. The Morgan fingerprint density at radius 3 is 2.58 bits per heavy atom. The highest BCUT2D eigenvalue weighted by molar-refractivity contribution is 5.97. The van der Waals surface area contributed by atoms with E-state index in [-0.39, 0.29) is 12.2 Å². The van der Waals surface area contributed by atoms with Gasteiger partial charge in [-0.3, -0.25) is 4.79 Å². The van der Waals surface area contributed by atoms with Crippen LogP contribution in [0, 0.1) is 0 Å². The summed E-state index contributed by atoms with van der Waals surface area (Å²) in [6.07, 6.45) is 0.101. The zero-order valence-corrected chi connectivity index (χ0v) is 11.0. The fourth-order valence-electron chi connectivity index (χ4n) is 1.65. The number of ether oxygens (including phenoxy) is 2. The van der Waals surface area contributed by atoms with E-state index in [4.69, 9.17) is 9.47 Å². The van der Waals surface area contributed by atoms with Gasteiger partial charge in [0, 0.05) is 5.56 Å². The van der Waals surface area contributed by atoms with E-state index in [0.717, 1.165) is 0 Å². The average Bonchev–Trinajstić information content (AvgIpc) is 2.83. The zero-order chi connectivity index (χ0) is 13.8. The van der Waals surface area contributed by atoms with Gasteiger partial charge < -0.3 is 9.47 Å². The van der Waals surface area contributed by atoms with E-state index in [0.29, 0.717) is 22.9 Å². The van der Waals surface area contributed by atoms with Crippen molar-refractivity contribution >= 4 is 5.78 Å². The number of aromatic nitrogens is 4. The van der Waals surface area contributed by atoms with Gasteiger partial charge in [-0.15, -0.1) is 10.2 Å². The van der Waals surface area contributed by atoms with Crippen molar-refractivity contribution in [2.75, 3.05) is 14.2 Å². The molecular formula is C12H14N4O3. The van der Waals surface area contributed by atoms with Crippen molar-refractivity contribution in [1.82, 2.24) is 20.2 Å². The van der Waals surface area contributed by atoms with Crippen molar-refractivity contribution in [2.24, 2.45) is 7.05 Å². The van der Waals surface area contributed by atoms with Crippen LogP contribution in [0.3, 0.4) is 0 Å². The molecule has 2 aromatic rings. The maximum Gasteiger partial charge on any atom is 0.182 e. The quantitative estimate of drug-likeness (QED) is 0.736. The van der Waals surface area contributed by atoms with Crippen LogP contribution in [0.4, 0.5) is 0 Å². The van der Waals surface area contributed by atoms with Crippen LogP contribution in [0.15, 0.2) is 18.2 Å². The number of benzene rings is 1. The summed E-state index contributed by atoms with van der Waals surface area (Å²) in [6.45, 7) is 0. The third kappa shape index (κ3) is 2.87. The number of tetrazole rings is 1. The van der Waals surface area contributed by atoms with Gasteiger partial charge in [0.15, 0.2) is 23.1 Å². The second-order valence-electron chi connectivity index (χ2n) is 3.86. The van der Waals surface area contributed by atoms with Crippen molar-refractivity contribution < 1.29 is 14.3 Å². The molecule has 7 nitrogen and oxygen atoms in total. The molecule has 2 rings (SSSR count). The van der Waals surface area contributed by atoms with E-state index in [9.17, 15) is 4.79 Å². The molecule has 0 spiro atoms. The normalized spacial score (nSPS) is 10.3. The van der Waals surface area contributed by atoms with Crippen LogP contribution in [0.2, 0.25) is 0 Å². The minimum absolute atomic E-state index is 0.101. The number of ketones is 1. The summed E-state index contributed by atoms with van der Waals surface area (Å²) in [5, 5.41) is 11.4. The number of Topliss-reactive ketones (excluding diaryl/α,β-unsaturated/α-hetero) is 1. The first kappa shape index (κ1) is 13.0. The molecule has 0 bridgehead atoms. The summed E-state index contributed by atoms with van der Waals surface area (Å²) < 4.78 is 10.3. The smallest absolute Gasteiger partial charge is 0.182 e. The highest BCUT2D eigenvalue weighted by Gasteiger charge is 2.13. The Balaban J connectivity index is 2.19. The van der Waals surface area contributed by atoms with E-state index in [1.165, 1.54) is 11.9 Å². The van der Waals surface area contributed by atoms with Gasteiger partial charge >= 0.3 is 0 Å². The van der Waals surface area contributed by atoms with Gasteiger partial charge in [-0.25, -0.2) is 0 Å². The Morgan fingerprint density at radius 1 is 1.26 bits per heavy atom. The minimum Gasteiger partial charge on any atom is -0.493 e. The second-order valence-corrected chi connectivity index (χ2v) is 3.86. The summed E-state index contributed by atoms with van der Waals surface area (Å²) in [5.74, 6) is 1.38. The molecular weight excluding hydrogens is 248 g/mol. The molecule has 7 heteroatoms. The first-order chi connectivity index (χ1) is 9.13. The number of methoxy groups -OCH3 is 2. The molecule has 100 valence electrons. The number of rotatable bonds is 5. The lowest BCUT2D eigenvalue weighted by Crippen LogP contribution is -2.06. The fraction of sp³-hybridized carbons (Fsp3) is 0.333. The Morgan fingerprint density at radius 2 is 2.00 bits per heavy atom. The van der Waals surface area contributed by atoms with Crippen molar-refractivity contribution in [1.29, 1.82) is 0 Å². The Hall–Kier alpha value is -2.44. The molecule has 1 aromatic carbocycles. The lowest BCUT2D eigenvalue weighted by Gasteiger charge is -2.08. The lowest BCUT2D eigenvalue weighted by atomic mass is 10.1. The van der Waals surface area contributed by atoms with Gasteiger partial charge in [0.05, 0.1) is 27.7 Å². The summed E-state index contributed by atoms with van der Waals surface area (Å²) in [7, 11) is 4.72. The number of hydrogen-bond donors (Lipinski definition) is 0.